The minimum absolute atomic E-state index is 0.0136. The van der Waals surface area contributed by atoms with Gasteiger partial charge in [-0.05, 0) is 34.1 Å². The van der Waals surface area contributed by atoms with Gasteiger partial charge in [-0.2, -0.15) is 0 Å². The van der Waals surface area contributed by atoms with Gasteiger partial charge in [-0.3, -0.25) is 0 Å². The summed E-state index contributed by atoms with van der Waals surface area (Å²) in [6.07, 6.45) is 1.19. The van der Waals surface area contributed by atoms with Crippen molar-refractivity contribution in [2.75, 3.05) is 5.32 Å². The molecule has 8 heteroatoms. The van der Waals surface area contributed by atoms with E-state index in [0.717, 1.165) is 4.47 Å². The van der Waals surface area contributed by atoms with Gasteiger partial charge in [-0.15, -0.1) is 0 Å². The van der Waals surface area contributed by atoms with E-state index in [9.17, 15) is 9.90 Å². The van der Waals surface area contributed by atoms with Crippen LogP contribution in [0.1, 0.15) is 10.4 Å². The predicted molar refractivity (Wildman–Crippen MR) is 86.3 cm³/mol. The molecule has 0 unspecified atom stereocenters. The normalized spacial score (nSPS) is 10.4. The molecule has 1 aromatic carbocycles. The Hall–Kier alpha value is -0.820. The van der Waals surface area contributed by atoms with Crippen LogP contribution < -0.4 is 5.32 Å². The van der Waals surface area contributed by atoms with E-state index in [0.29, 0.717) is 20.9 Å². The van der Waals surface area contributed by atoms with E-state index in [1.165, 1.54) is 6.20 Å². The van der Waals surface area contributed by atoms with Gasteiger partial charge in [0.1, 0.15) is 10.7 Å². The van der Waals surface area contributed by atoms with Crippen LogP contribution in [0.15, 0.2) is 33.3 Å². The zero-order valence-corrected chi connectivity index (χ0v) is 14.3. The van der Waals surface area contributed by atoms with Crippen LogP contribution in [-0.2, 0) is 0 Å². The molecular formula is C12H6Br2Cl2N2O2. The van der Waals surface area contributed by atoms with Crippen LogP contribution >= 0.6 is 55.1 Å². The first-order valence-corrected chi connectivity index (χ1v) is 7.53. The first-order chi connectivity index (χ1) is 9.40. The second-order valence-electron chi connectivity index (χ2n) is 3.71. The van der Waals surface area contributed by atoms with Crippen molar-refractivity contribution in [3.63, 3.8) is 0 Å². The molecule has 0 aliphatic carbocycles. The van der Waals surface area contributed by atoms with Crippen LogP contribution in [0.25, 0.3) is 0 Å². The van der Waals surface area contributed by atoms with Crippen LogP contribution in [0.5, 0.6) is 0 Å². The lowest BCUT2D eigenvalue weighted by molar-refractivity contribution is 0.0697. The molecule has 0 saturated heterocycles. The number of aromatic nitrogens is 1. The fourth-order valence-corrected chi connectivity index (χ4v) is 2.75. The molecule has 4 nitrogen and oxygen atoms in total. The van der Waals surface area contributed by atoms with Gasteiger partial charge in [-0.1, -0.05) is 39.1 Å². The number of halogens is 4. The molecule has 104 valence electrons. The number of carboxylic acids is 1. The quantitative estimate of drug-likeness (QED) is 0.631. The Morgan fingerprint density at radius 3 is 2.60 bits per heavy atom. The molecule has 0 aliphatic heterocycles. The van der Waals surface area contributed by atoms with Gasteiger partial charge in [-0.25, -0.2) is 9.78 Å². The van der Waals surface area contributed by atoms with Crippen molar-refractivity contribution in [1.82, 2.24) is 4.98 Å². The van der Waals surface area contributed by atoms with Crippen LogP contribution in [0, 0.1) is 0 Å². The average Bonchev–Trinajstić information content (AvgIpc) is 2.37. The first kappa shape index (κ1) is 15.6. The molecule has 0 fully saturated rings. The molecule has 0 amide bonds. The number of carboxylic acid groups (broad SMARTS) is 1. The van der Waals surface area contributed by atoms with Crippen molar-refractivity contribution < 1.29 is 9.90 Å². The Bertz CT molecular complexity index is 695. The third-order valence-corrected chi connectivity index (χ3v) is 4.49. The number of pyridine rings is 1. The highest BCUT2D eigenvalue weighted by molar-refractivity contribution is 9.11. The van der Waals surface area contributed by atoms with Gasteiger partial charge in [0.15, 0.2) is 0 Å². The summed E-state index contributed by atoms with van der Waals surface area (Å²) in [5.41, 5.74) is 0.835. The molecule has 1 heterocycles. The summed E-state index contributed by atoms with van der Waals surface area (Å²) in [4.78, 5) is 15.0. The lowest BCUT2D eigenvalue weighted by Crippen LogP contribution is -2.05. The lowest BCUT2D eigenvalue weighted by Gasteiger charge is -2.13. The fourth-order valence-electron chi connectivity index (χ4n) is 1.47. The van der Waals surface area contributed by atoms with Gasteiger partial charge < -0.3 is 10.4 Å². The largest absolute Gasteiger partial charge is 0.478 e. The second-order valence-corrected chi connectivity index (χ2v) is 6.18. The van der Waals surface area contributed by atoms with Gasteiger partial charge >= 0.3 is 5.97 Å². The smallest absolute Gasteiger partial charge is 0.339 e. The first-order valence-electron chi connectivity index (χ1n) is 5.19. The van der Waals surface area contributed by atoms with Crippen LogP contribution in [0.2, 0.25) is 10.2 Å². The van der Waals surface area contributed by atoms with Crippen molar-refractivity contribution in [2.24, 2.45) is 0 Å². The Balaban J connectivity index is 2.52. The van der Waals surface area contributed by atoms with Crippen molar-refractivity contribution in [3.05, 3.63) is 49.1 Å². The molecule has 0 atom stereocenters. The van der Waals surface area contributed by atoms with Gasteiger partial charge in [0.2, 0.25) is 0 Å². The maximum Gasteiger partial charge on any atom is 0.339 e. The summed E-state index contributed by atoms with van der Waals surface area (Å²) in [7, 11) is 0. The molecule has 20 heavy (non-hydrogen) atoms. The van der Waals surface area contributed by atoms with E-state index < -0.39 is 5.97 Å². The van der Waals surface area contributed by atoms with Crippen LogP contribution in [-0.4, -0.2) is 16.1 Å². The van der Waals surface area contributed by atoms with Crippen LogP contribution in [0.4, 0.5) is 11.4 Å². The zero-order valence-electron chi connectivity index (χ0n) is 9.62. The number of aromatic carboxylic acids is 1. The number of nitrogens with one attached hydrogen (secondary N) is 1. The van der Waals surface area contributed by atoms with Crippen molar-refractivity contribution in [3.8, 4) is 0 Å². The Morgan fingerprint density at radius 2 is 2.00 bits per heavy atom. The molecule has 2 aromatic rings. The molecule has 0 spiro atoms. The van der Waals surface area contributed by atoms with Gasteiger partial charge in [0.05, 0.1) is 20.9 Å². The number of anilines is 2. The summed E-state index contributed by atoms with van der Waals surface area (Å²) in [6, 6.07) is 5.20. The van der Waals surface area contributed by atoms with Gasteiger partial charge in [0, 0.05) is 10.7 Å². The topological polar surface area (TPSA) is 62.2 Å². The van der Waals surface area contributed by atoms with E-state index >= 15 is 0 Å². The molecule has 0 bridgehead atoms. The molecule has 0 aliphatic rings. The average molecular weight is 441 g/mol. The third-order valence-electron chi connectivity index (χ3n) is 2.40. The molecule has 2 rings (SSSR count). The molecular weight excluding hydrogens is 435 g/mol. The number of hydrogen-bond donors (Lipinski definition) is 2. The predicted octanol–water partition coefficient (Wildman–Crippen LogP) is 5.36. The number of nitrogens with zero attached hydrogens (tertiary/aromatic N) is 1. The monoisotopic (exact) mass is 438 g/mol. The number of carbonyl (C=O) groups is 1. The fraction of sp³-hybridized carbons (Fsp3) is 0. The van der Waals surface area contributed by atoms with Crippen molar-refractivity contribution in [1.29, 1.82) is 0 Å². The minimum atomic E-state index is -1.12. The number of hydrogen-bond acceptors (Lipinski definition) is 3. The molecule has 2 N–H and O–H groups in total. The van der Waals surface area contributed by atoms with E-state index in [-0.39, 0.29) is 10.7 Å². The maximum absolute atomic E-state index is 11.2. The lowest BCUT2D eigenvalue weighted by atomic mass is 10.2. The summed E-state index contributed by atoms with van der Waals surface area (Å²) in [6.45, 7) is 0. The van der Waals surface area contributed by atoms with Crippen LogP contribution in [0.3, 0.4) is 0 Å². The van der Waals surface area contributed by atoms with Crippen molar-refractivity contribution >= 4 is 72.4 Å². The van der Waals surface area contributed by atoms with E-state index in [4.69, 9.17) is 23.2 Å². The number of rotatable bonds is 3. The summed E-state index contributed by atoms with van der Waals surface area (Å²) in [5, 5.41) is 12.7. The van der Waals surface area contributed by atoms with E-state index in [2.05, 4.69) is 42.2 Å². The van der Waals surface area contributed by atoms with E-state index in [1.807, 2.05) is 0 Å². The standard InChI is InChI=1S/C12H6Br2Cl2N2O2/c13-5-1-2-8(7(15)3-5)18-10-6(12(19)20)4-17-11(16)9(10)14/h1-4H,(H,17,18)(H,19,20). The maximum atomic E-state index is 11.2. The Kier molecular flexibility index (Phi) is 4.90. The highest BCUT2D eigenvalue weighted by Crippen LogP contribution is 2.36. The van der Waals surface area contributed by atoms with Crippen molar-refractivity contribution in [2.45, 2.75) is 0 Å². The molecule has 0 saturated carbocycles. The highest BCUT2D eigenvalue weighted by Gasteiger charge is 2.17. The highest BCUT2D eigenvalue weighted by atomic mass is 79.9. The molecule has 1 aromatic heterocycles. The summed E-state index contributed by atoms with van der Waals surface area (Å²) < 4.78 is 1.18. The summed E-state index contributed by atoms with van der Waals surface area (Å²) >= 11 is 18.5. The minimum Gasteiger partial charge on any atom is -0.478 e. The Labute approximate surface area is 141 Å². The van der Waals surface area contributed by atoms with E-state index in [1.54, 1.807) is 18.2 Å². The second kappa shape index (κ2) is 6.30. The SMILES string of the molecule is O=C(O)c1cnc(Cl)c(Br)c1Nc1ccc(Br)cc1Cl. The summed E-state index contributed by atoms with van der Waals surface area (Å²) in [5.74, 6) is -1.12. The van der Waals surface area contributed by atoms with Gasteiger partial charge in [0.25, 0.3) is 0 Å². The number of benzene rings is 1. The Morgan fingerprint density at radius 1 is 1.30 bits per heavy atom. The third kappa shape index (κ3) is 3.25. The molecule has 0 radical (unpaired) electrons. The zero-order chi connectivity index (χ0) is 14.9.